The summed E-state index contributed by atoms with van der Waals surface area (Å²) in [6.45, 7) is -0.246. The van der Waals surface area contributed by atoms with Crippen molar-refractivity contribution in [3.05, 3.63) is 83.4 Å². The topological polar surface area (TPSA) is 93.1 Å². The first kappa shape index (κ1) is 20.1. The lowest BCUT2D eigenvalue weighted by atomic mass is 9.91. The average molecular weight is 403 g/mol. The molecule has 2 aromatic rings. The fourth-order valence-electron chi connectivity index (χ4n) is 2.82. The van der Waals surface area contributed by atoms with Crippen LogP contribution in [-0.2, 0) is 9.47 Å². The molecule has 0 amide bonds. The molecule has 0 spiro atoms. The van der Waals surface area contributed by atoms with Crippen molar-refractivity contribution in [2.24, 2.45) is 0 Å². The monoisotopic (exact) mass is 402 g/mol. The third kappa shape index (κ3) is 4.59. The van der Waals surface area contributed by atoms with Gasteiger partial charge in [-0.2, -0.15) is 0 Å². The molecular weight excluding hydrogens is 384 g/mol. The summed E-state index contributed by atoms with van der Waals surface area (Å²) in [5.74, 6) is -1.26. The van der Waals surface area contributed by atoms with E-state index in [0.717, 1.165) is 0 Å². The smallest absolute Gasteiger partial charge is 0.338 e. The molecule has 1 aliphatic rings. The Morgan fingerprint density at radius 1 is 0.893 bits per heavy atom. The second-order valence-corrected chi connectivity index (χ2v) is 6.80. The first-order chi connectivity index (χ1) is 13.5. The molecule has 0 bridgehead atoms. The second kappa shape index (κ2) is 9.01. The Labute approximate surface area is 167 Å². The number of esters is 2. The number of aliphatic hydroxyl groups excluding tert-OH is 2. The van der Waals surface area contributed by atoms with Crippen LogP contribution in [-0.4, -0.2) is 52.4 Å². The first-order valence-corrected chi connectivity index (χ1v) is 9.10. The van der Waals surface area contributed by atoms with Crippen molar-refractivity contribution >= 4 is 23.5 Å². The number of hydrogen-bond donors (Lipinski definition) is 2. The fourth-order valence-corrected chi connectivity index (χ4v) is 3.13. The average Bonchev–Trinajstić information content (AvgIpc) is 2.73. The van der Waals surface area contributed by atoms with E-state index in [1.807, 2.05) is 0 Å². The lowest BCUT2D eigenvalue weighted by Crippen LogP contribution is -2.50. The number of halogens is 1. The molecule has 0 saturated carbocycles. The second-order valence-electron chi connectivity index (χ2n) is 6.30. The Balaban J connectivity index is 1.68. The van der Waals surface area contributed by atoms with Crippen molar-refractivity contribution in [1.29, 1.82) is 0 Å². The van der Waals surface area contributed by atoms with Crippen LogP contribution in [0.5, 0.6) is 0 Å². The van der Waals surface area contributed by atoms with Gasteiger partial charge >= 0.3 is 11.9 Å². The SMILES string of the molecule is O=C(OCC1=C[C@@H](Cl)[C@H](O)[C@H](OC(=O)c2ccccc2)[C@@H]1O)c1ccccc1. The zero-order chi connectivity index (χ0) is 20.1. The summed E-state index contributed by atoms with van der Waals surface area (Å²) < 4.78 is 10.5. The molecule has 0 heterocycles. The molecule has 6 nitrogen and oxygen atoms in total. The predicted molar refractivity (Wildman–Crippen MR) is 102 cm³/mol. The summed E-state index contributed by atoms with van der Waals surface area (Å²) in [6, 6.07) is 16.6. The lowest BCUT2D eigenvalue weighted by Gasteiger charge is -2.34. The third-order valence-electron chi connectivity index (χ3n) is 4.36. The Morgan fingerprint density at radius 3 is 2.00 bits per heavy atom. The predicted octanol–water partition coefficient (Wildman–Crippen LogP) is 2.34. The molecule has 4 atom stereocenters. The highest BCUT2D eigenvalue weighted by Gasteiger charge is 2.41. The van der Waals surface area contributed by atoms with Crippen molar-refractivity contribution in [3.8, 4) is 0 Å². The molecule has 0 aliphatic heterocycles. The van der Waals surface area contributed by atoms with Gasteiger partial charge in [-0.1, -0.05) is 42.5 Å². The van der Waals surface area contributed by atoms with Gasteiger partial charge in [0.05, 0.1) is 16.5 Å². The summed E-state index contributed by atoms with van der Waals surface area (Å²) in [6.07, 6.45) is -2.55. The van der Waals surface area contributed by atoms with Crippen LogP contribution in [0.1, 0.15) is 20.7 Å². The number of rotatable bonds is 5. The number of hydrogen-bond acceptors (Lipinski definition) is 6. The minimum absolute atomic E-state index is 0.246. The van der Waals surface area contributed by atoms with Crippen molar-refractivity contribution < 1.29 is 29.3 Å². The summed E-state index contributed by atoms with van der Waals surface area (Å²) in [7, 11) is 0. The molecule has 0 unspecified atom stereocenters. The summed E-state index contributed by atoms with van der Waals surface area (Å²) in [4.78, 5) is 24.4. The van der Waals surface area contributed by atoms with Gasteiger partial charge in [-0.15, -0.1) is 11.6 Å². The van der Waals surface area contributed by atoms with Gasteiger partial charge in [0.25, 0.3) is 0 Å². The third-order valence-corrected chi connectivity index (χ3v) is 4.74. The van der Waals surface area contributed by atoms with Crippen LogP contribution in [0.3, 0.4) is 0 Å². The zero-order valence-corrected chi connectivity index (χ0v) is 15.5. The maximum absolute atomic E-state index is 12.3. The highest BCUT2D eigenvalue weighted by molar-refractivity contribution is 6.22. The highest BCUT2D eigenvalue weighted by Crippen LogP contribution is 2.27. The Bertz CT molecular complexity index is 852. The minimum Gasteiger partial charge on any atom is -0.457 e. The van der Waals surface area contributed by atoms with E-state index in [4.69, 9.17) is 21.1 Å². The van der Waals surface area contributed by atoms with Crippen LogP contribution in [0.2, 0.25) is 0 Å². The number of ether oxygens (including phenoxy) is 2. The summed E-state index contributed by atoms with van der Waals surface area (Å²) in [5, 5.41) is 19.9. The molecule has 7 heteroatoms. The molecule has 0 fully saturated rings. The normalized spacial score (nSPS) is 24.2. The van der Waals surface area contributed by atoms with Gasteiger partial charge in [0.1, 0.15) is 18.8 Å². The van der Waals surface area contributed by atoms with Crippen molar-refractivity contribution in [3.63, 3.8) is 0 Å². The minimum atomic E-state index is -1.36. The van der Waals surface area contributed by atoms with Gasteiger partial charge in [0, 0.05) is 0 Å². The van der Waals surface area contributed by atoms with Gasteiger partial charge in [-0.3, -0.25) is 0 Å². The maximum Gasteiger partial charge on any atom is 0.338 e. The fraction of sp³-hybridized carbons (Fsp3) is 0.238. The number of carbonyl (C=O) groups excluding carboxylic acids is 2. The standard InChI is InChI=1S/C21H19ClO6/c22-16-11-15(12-27-20(25)13-7-3-1-4-8-13)17(23)19(18(16)24)28-21(26)14-9-5-2-6-10-14/h1-11,16-19,23-24H,12H2/t16-,17-,18+,19-/m1/s1. The van der Waals surface area contributed by atoms with Crippen molar-refractivity contribution in [1.82, 2.24) is 0 Å². The van der Waals surface area contributed by atoms with Gasteiger partial charge < -0.3 is 19.7 Å². The molecule has 1 aliphatic carbocycles. The molecular formula is C21H19ClO6. The van der Waals surface area contributed by atoms with Crippen molar-refractivity contribution in [2.45, 2.75) is 23.7 Å². The molecule has 2 N–H and O–H groups in total. The first-order valence-electron chi connectivity index (χ1n) is 8.66. The molecule has 2 aromatic carbocycles. The number of carbonyl (C=O) groups is 2. The molecule has 3 rings (SSSR count). The molecule has 146 valence electrons. The summed E-state index contributed by atoms with van der Waals surface area (Å²) >= 11 is 6.11. The Hall–Kier alpha value is -2.67. The van der Waals surface area contributed by atoms with E-state index >= 15 is 0 Å². The molecule has 28 heavy (non-hydrogen) atoms. The highest BCUT2D eigenvalue weighted by atomic mass is 35.5. The van der Waals surface area contributed by atoms with Crippen LogP contribution >= 0.6 is 11.6 Å². The van der Waals surface area contributed by atoms with E-state index in [0.29, 0.717) is 5.56 Å². The number of alkyl halides is 1. The van der Waals surface area contributed by atoms with Gasteiger partial charge in [-0.25, -0.2) is 9.59 Å². The quantitative estimate of drug-likeness (QED) is 0.453. The number of benzene rings is 2. The van der Waals surface area contributed by atoms with Crippen molar-refractivity contribution in [2.75, 3.05) is 6.61 Å². The van der Waals surface area contributed by atoms with E-state index in [2.05, 4.69) is 0 Å². The lowest BCUT2D eigenvalue weighted by molar-refractivity contribution is -0.0688. The van der Waals surface area contributed by atoms with Crippen LogP contribution in [0.25, 0.3) is 0 Å². The molecule has 0 radical (unpaired) electrons. The zero-order valence-electron chi connectivity index (χ0n) is 14.8. The Morgan fingerprint density at radius 2 is 1.43 bits per heavy atom. The van der Waals surface area contributed by atoms with Crippen LogP contribution in [0.15, 0.2) is 72.3 Å². The largest absolute Gasteiger partial charge is 0.457 e. The van der Waals surface area contributed by atoms with Crippen LogP contribution in [0, 0.1) is 0 Å². The van der Waals surface area contributed by atoms with Gasteiger partial charge in [0.2, 0.25) is 0 Å². The number of aliphatic hydroxyl groups is 2. The van der Waals surface area contributed by atoms with Crippen LogP contribution < -0.4 is 0 Å². The Kier molecular flexibility index (Phi) is 6.46. The van der Waals surface area contributed by atoms with Gasteiger partial charge in [0.15, 0.2) is 6.10 Å². The van der Waals surface area contributed by atoms with E-state index in [1.165, 1.54) is 6.08 Å². The summed E-state index contributed by atoms with van der Waals surface area (Å²) in [5.41, 5.74) is 0.892. The van der Waals surface area contributed by atoms with E-state index in [1.54, 1.807) is 60.7 Å². The molecule has 0 aromatic heterocycles. The van der Waals surface area contributed by atoms with Crippen LogP contribution in [0.4, 0.5) is 0 Å². The van der Waals surface area contributed by atoms with E-state index in [-0.39, 0.29) is 17.7 Å². The van der Waals surface area contributed by atoms with E-state index in [9.17, 15) is 19.8 Å². The van der Waals surface area contributed by atoms with E-state index < -0.39 is 35.6 Å². The van der Waals surface area contributed by atoms with Gasteiger partial charge in [-0.05, 0) is 29.8 Å². The molecule has 0 saturated heterocycles. The maximum atomic E-state index is 12.3.